The third kappa shape index (κ3) is 6.56. The van der Waals surface area contributed by atoms with Gasteiger partial charge in [0.1, 0.15) is 11.5 Å². The number of benzene rings is 1. The van der Waals surface area contributed by atoms with Gasteiger partial charge in [-0.05, 0) is 51.0 Å². The topological polar surface area (TPSA) is 67.4 Å². The van der Waals surface area contributed by atoms with Gasteiger partial charge in [0.15, 0.2) is 5.96 Å². The average molecular weight is 393 g/mol. The van der Waals surface area contributed by atoms with Gasteiger partial charge in [0.2, 0.25) is 0 Å². The standard InChI is InChI=1S/C21H36N4O3/c1-6-22-20(24-16-21(2,3)25-11-13-28-14-12-25)23-10-9-17-15-18(26-4)7-8-19(17)27-5/h7-8,15H,6,9-14,16H2,1-5H3,(H2,22,23,24). The van der Waals surface area contributed by atoms with Crippen LogP contribution >= 0.6 is 0 Å². The molecule has 1 heterocycles. The highest BCUT2D eigenvalue weighted by atomic mass is 16.5. The fourth-order valence-electron chi connectivity index (χ4n) is 3.28. The van der Waals surface area contributed by atoms with Gasteiger partial charge in [-0.15, -0.1) is 0 Å². The Labute approximate surface area is 169 Å². The van der Waals surface area contributed by atoms with Crippen molar-refractivity contribution < 1.29 is 14.2 Å². The fraction of sp³-hybridized carbons (Fsp3) is 0.667. The molecule has 1 fully saturated rings. The number of methoxy groups -OCH3 is 2. The number of hydrogen-bond donors (Lipinski definition) is 2. The quantitative estimate of drug-likeness (QED) is 0.494. The maximum absolute atomic E-state index is 5.47. The lowest BCUT2D eigenvalue weighted by Gasteiger charge is -2.39. The molecule has 0 aromatic heterocycles. The van der Waals surface area contributed by atoms with Crippen LogP contribution in [0.15, 0.2) is 23.2 Å². The van der Waals surface area contributed by atoms with Crippen molar-refractivity contribution in [3.05, 3.63) is 23.8 Å². The highest BCUT2D eigenvalue weighted by Gasteiger charge is 2.28. The molecule has 0 aliphatic carbocycles. The molecule has 0 radical (unpaired) electrons. The zero-order valence-corrected chi connectivity index (χ0v) is 18.0. The molecule has 0 spiro atoms. The number of aliphatic imine (C=N–C) groups is 1. The summed E-state index contributed by atoms with van der Waals surface area (Å²) in [4.78, 5) is 7.27. The summed E-state index contributed by atoms with van der Waals surface area (Å²) in [5, 5.41) is 6.77. The van der Waals surface area contributed by atoms with Gasteiger partial charge in [0, 0.05) is 31.7 Å². The third-order valence-electron chi connectivity index (χ3n) is 5.01. The Hall–Kier alpha value is -1.99. The first-order chi connectivity index (χ1) is 13.5. The second kappa shape index (κ2) is 11.1. The van der Waals surface area contributed by atoms with Crippen molar-refractivity contribution in [2.24, 2.45) is 4.99 Å². The Morgan fingerprint density at radius 3 is 2.57 bits per heavy atom. The molecule has 0 amide bonds. The molecule has 28 heavy (non-hydrogen) atoms. The van der Waals surface area contributed by atoms with Crippen molar-refractivity contribution in [1.29, 1.82) is 0 Å². The normalized spacial score (nSPS) is 16.0. The van der Waals surface area contributed by atoms with E-state index in [0.717, 1.165) is 75.4 Å². The second-order valence-electron chi connectivity index (χ2n) is 7.46. The summed E-state index contributed by atoms with van der Waals surface area (Å²) in [6.07, 6.45) is 0.817. The Kier molecular flexibility index (Phi) is 8.86. The molecule has 0 atom stereocenters. The first-order valence-electron chi connectivity index (χ1n) is 10.1. The lowest BCUT2D eigenvalue weighted by molar-refractivity contribution is -0.00683. The van der Waals surface area contributed by atoms with Crippen LogP contribution < -0.4 is 20.1 Å². The predicted octanol–water partition coefficient (Wildman–Crippen LogP) is 1.91. The minimum atomic E-state index is 0.00213. The summed E-state index contributed by atoms with van der Waals surface area (Å²) >= 11 is 0. The number of ether oxygens (including phenoxy) is 3. The first-order valence-corrected chi connectivity index (χ1v) is 10.1. The van der Waals surface area contributed by atoms with Gasteiger partial charge in [0.25, 0.3) is 0 Å². The van der Waals surface area contributed by atoms with Crippen LogP contribution in [0.4, 0.5) is 0 Å². The highest BCUT2D eigenvalue weighted by molar-refractivity contribution is 5.79. The van der Waals surface area contributed by atoms with E-state index in [2.05, 4.69) is 36.3 Å². The van der Waals surface area contributed by atoms with E-state index in [1.165, 1.54) is 0 Å². The number of hydrogen-bond acceptors (Lipinski definition) is 5. The zero-order valence-electron chi connectivity index (χ0n) is 18.0. The van der Waals surface area contributed by atoms with Crippen LogP contribution in [0.2, 0.25) is 0 Å². The van der Waals surface area contributed by atoms with E-state index >= 15 is 0 Å². The SMILES string of the molecule is CCNC(=NCC(C)(C)N1CCOCC1)NCCc1cc(OC)ccc1OC. The van der Waals surface area contributed by atoms with Gasteiger partial charge in [-0.3, -0.25) is 9.89 Å². The molecule has 1 aromatic carbocycles. The second-order valence-corrected chi connectivity index (χ2v) is 7.46. The lowest BCUT2D eigenvalue weighted by atomic mass is 10.0. The van der Waals surface area contributed by atoms with Gasteiger partial charge >= 0.3 is 0 Å². The number of nitrogens with one attached hydrogen (secondary N) is 2. The number of nitrogens with zero attached hydrogens (tertiary/aromatic N) is 2. The maximum atomic E-state index is 5.47. The van der Waals surface area contributed by atoms with E-state index in [1.54, 1.807) is 14.2 Å². The zero-order chi connectivity index (χ0) is 20.4. The monoisotopic (exact) mass is 392 g/mol. The van der Waals surface area contributed by atoms with E-state index in [1.807, 2.05) is 18.2 Å². The van der Waals surface area contributed by atoms with E-state index in [4.69, 9.17) is 19.2 Å². The van der Waals surface area contributed by atoms with E-state index in [9.17, 15) is 0 Å². The summed E-state index contributed by atoms with van der Waals surface area (Å²) in [6, 6.07) is 5.87. The van der Waals surface area contributed by atoms with Gasteiger partial charge in [0.05, 0.1) is 34.0 Å². The maximum Gasteiger partial charge on any atom is 0.191 e. The van der Waals surface area contributed by atoms with Crippen molar-refractivity contribution in [1.82, 2.24) is 15.5 Å². The molecule has 1 aromatic rings. The number of guanidine groups is 1. The molecular formula is C21H36N4O3. The Bertz CT molecular complexity index is 628. The molecule has 7 nitrogen and oxygen atoms in total. The minimum absolute atomic E-state index is 0.00213. The van der Waals surface area contributed by atoms with Gasteiger partial charge in [-0.25, -0.2) is 0 Å². The van der Waals surface area contributed by atoms with Gasteiger partial charge in [-0.1, -0.05) is 0 Å². The smallest absolute Gasteiger partial charge is 0.191 e. The van der Waals surface area contributed by atoms with Crippen LogP contribution in [0.5, 0.6) is 11.5 Å². The summed E-state index contributed by atoms with van der Waals surface area (Å²) < 4.78 is 16.3. The van der Waals surface area contributed by atoms with Crippen LogP contribution in [-0.4, -0.2) is 76.6 Å². The highest BCUT2D eigenvalue weighted by Crippen LogP contribution is 2.24. The molecule has 1 saturated heterocycles. The largest absolute Gasteiger partial charge is 0.497 e. The average Bonchev–Trinajstić information content (AvgIpc) is 2.72. The van der Waals surface area contributed by atoms with Crippen molar-refractivity contribution >= 4 is 5.96 Å². The Morgan fingerprint density at radius 2 is 1.93 bits per heavy atom. The van der Waals surface area contributed by atoms with E-state index < -0.39 is 0 Å². The Morgan fingerprint density at radius 1 is 1.18 bits per heavy atom. The Balaban J connectivity index is 1.94. The molecule has 7 heteroatoms. The van der Waals surface area contributed by atoms with Gasteiger partial charge in [-0.2, -0.15) is 0 Å². The number of morpholine rings is 1. The van der Waals surface area contributed by atoms with Crippen molar-refractivity contribution in [2.75, 3.05) is 60.2 Å². The predicted molar refractivity (Wildman–Crippen MR) is 114 cm³/mol. The van der Waals surface area contributed by atoms with Crippen molar-refractivity contribution in [3.63, 3.8) is 0 Å². The molecule has 2 rings (SSSR count). The molecule has 1 aliphatic heterocycles. The lowest BCUT2D eigenvalue weighted by Crippen LogP contribution is -2.52. The minimum Gasteiger partial charge on any atom is -0.497 e. The van der Waals surface area contributed by atoms with Crippen LogP contribution in [0.1, 0.15) is 26.3 Å². The van der Waals surface area contributed by atoms with Crippen LogP contribution in [-0.2, 0) is 11.2 Å². The van der Waals surface area contributed by atoms with E-state index in [-0.39, 0.29) is 5.54 Å². The molecule has 1 aliphatic rings. The van der Waals surface area contributed by atoms with Crippen LogP contribution in [0.3, 0.4) is 0 Å². The number of rotatable bonds is 9. The molecule has 0 saturated carbocycles. The van der Waals surface area contributed by atoms with Crippen molar-refractivity contribution in [2.45, 2.75) is 32.7 Å². The van der Waals surface area contributed by atoms with Crippen molar-refractivity contribution in [3.8, 4) is 11.5 Å². The molecule has 2 N–H and O–H groups in total. The summed E-state index contributed by atoms with van der Waals surface area (Å²) in [5.41, 5.74) is 1.11. The third-order valence-corrected chi connectivity index (χ3v) is 5.01. The first kappa shape index (κ1) is 22.3. The molecule has 158 valence electrons. The molecular weight excluding hydrogens is 356 g/mol. The van der Waals surface area contributed by atoms with Gasteiger partial charge < -0.3 is 24.8 Å². The van der Waals surface area contributed by atoms with E-state index in [0.29, 0.717) is 0 Å². The summed E-state index contributed by atoms with van der Waals surface area (Å²) in [7, 11) is 3.37. The van der Waals surface area contributed by atoms with Crippen LogP contribution in [0.25, 0.3) is 0 Å². The molecule has 0 bridgehead atoms. The summed E-state index contributed by atoms with van der Waals surface area (Å²) in [6.45, 7) is 12.4. The fourth-order valence-corrected chi connectivity index (χ4v) is 3.28. The van der Waals surface area contributed by atoms with Crippen LogP contribution in [0, 0.1) is 0 Å². The molecule has 0 unspecified atom stereocenters. The summed E-state index contributed by atoms with van der Waals surface area (Å²) in [5.74, 6) is 2.55.